The van der Waals surface area contributed by atoms with Gasteiger partial charge in [0.1, 0.15) is 5.75 Å². The lowest BCUT2D eigenvalue weighted by molar-refractivity contribution is -0.124. The first-order valence-electron chi connectivity index (χ1n) is 7.44. The molecule has 0 aliphatic rings. The highest BCUT2D eigenvalue weighted by Crippen LogP contribution is 2.16. The molecule has 0 aromatic heterocycles. The second kappa shape index (κ2) is 7.46. The lowest BCUT2D eigenvalue weighted by atomic mass is 9.92. The average Bonchev–Trinajstić information content (AvgIpc) is 2.37. The van der Waals surface area contributed by atoms with Crippen molar-refractivity contribution in [3.05, 3.63) is 29.8 Å². The van der Waals surface area contributed by atoms with Crippen molar-refractivity contribution in [2.24, 2.45) is 11.7 Å². The lowest BCUT2D eigenvalue weighted by Gasteiger charge is -2.29. The molecule has 1 amide bonds. The number of rotatable bonds is 7. The summed E-state index contributed by atoms with van der Waals surface area (Å²) in [7, 11) is 1.63. The molecule has 1 aromatic carbocycles. The quantitative estimate of drug-likeness (QED) is 0.811. The van der Waals surface area contributed by atoms with Crippen LogP contribution in [0, 0.1) is 5.92 Å². The monoisotopic (exact) mass is 292 g/mol. The number of carbonyl (C=O) groups is 1. The topological polar surface area (TPSA) is 64.3 Å². The summed E-state index contributed by atoms with van der Waals surface area (Å²) in [6, 6.07) is 7.09. The summed E-state index contributed by atoms with van der Waals surface area (Å²) < 4.78 is 5.11. The van der Waals surface area contributed by atoms with Crippen LogP contribution in [-0.4, -0.2) is 24.6 Å². The molecule has 4 nitrogen and oxygen atoms in total. The third-order valence-corrected chi connectivity index (χ3v) is 3.33. The molecule has 3 N–H and O–H groups in total. The predicted octanol–water partition coefficient (Wildman–Crippen LogP) is 2.51. The van der Waals surface area contributed by atoms with Crippen LogP contribution in [0.1, 0.15) is 39.7 Å². The minimum atomic E-state index is -0.537. The molecule has 1 atom stereocenters. The van der Waals surface area contributed by atoms with Crippen LogP contribution < -0.4 is 15.8 Å². The molecule has 0 saturated carbocycles. The van der Waals surface area contributed by atoms with E-state index in [0.29, 0.717) is 12.3 Å². The normalized spacial score (nSPS) is 13.1. The van der Waals surface area contributed by atoms with Gasteiger partial charge in [-0.1, -0.05) is 26.0 Å². The van der Waals surface area contributed by atoms with Gasteiger partial charge >= 0.3 is 0 Å². The van der Waals surface area contributed by atoms with Crippen molar-refractivity contribution < 1.29 is 9.53 Å². The van der Waals surface area contributed by atoms with Gasteiger partial charge in [0, 0.05) is 5.54 Å². The Kier molecular flexibility index (Phi) is 6.21. The van der Waals surface area contributed by atoms with Crippen LogP contribution >= 0.6 is 0 Å². The van der Waals surface area contributed by atoms with Gasteiger partial charge in [0.15, 0.2) is 0 Å². The summed E-state index contributed by atoms with van der Waals surface area (Å²) in [5.41, 5.74) is 6.81. The number of benzene rings is 1. The minimum Gasteiger partial charge on any atom is -0.497 e. The van der Waals surface area contributed by atoms with Crippen LogP contribution in [0.5, 0.6) is 5.75 Å². The molecular formula is C17H28N2O2. The van der Waals surface area contributed by atoms with Crippen LogP contribution in [-0.2, 0) is 11.2 Å². The number of nitrogens with one attached hydrogen (secondary N) is 1. The van der Waals surface area contributed by atoms with Gasteiger partial charge in [-0.25, -0.2) is 0 Å². The van der Waals surface area contributed by atoms with E-state index in [2.05, 4.69) is 19.2 Å². The molecule has 0 aliphatic heterocycles. The molecule has 0 fully saturated rings. The van der Waals surface area contributed by atoms with E-state index >= 15 is 0 Å². The largest absolute Gasteiger partial charge is 0.497 e. The number of hydrogen-bond acceptors (Lipinski definition) is 3. The molecule has 118 valence electrons. The summed E-state index contributed by atoms with van der Waals surface area (Å²) in [5, 5.41) is 3.04. The first-order chi connectivity index (χ1) is 9.73. The van der Waals surface area contributed by atoms with E-state index in [1.165, 1.54) is 0 Å². The van der Waals surface area contributed by atoms with E-state index in [9.17, 15) is 4.79 Å². The van der Waals surface area contributed by atoms with E-state index in [-0.39, 0.29) is 11.4 Å². The molecule has 0 heterocycles. The highest BCUT2D eigenvalue weighted by Gasteiger charge is 2.24. The molecular weight excluding hydrogens is 264 g/mol. The first kappa shape index (κ1) is 17.5. The Balaban J connectivity index is 2.57. The van der Waals surface area contributed by atoms with Gasteiger partial charge in [0.25, 0.3) is 0 Å². The summed E-state index contributed by atoms with van der Waals surface area (Å²) in [4.78, 5) is 12.2. The van der Waals surface area contributed by atoms with Gasteiger partial charge in [-0.05, 0) is 50.3 Å². The Hall–Kier alpha value is -1.55. The Morgan fingerprint density at radius 1 is 1.29 bits per heavy atom. The van der Waals surface area contributed by atoms with Crippen molar-refractivity contribution >= 4 is 5.91 Å². The Morgan fingerprint density at radius 2 is 1.86 bits per heavy atom. The van der Waals surface area contributed by atoms with Crippen molar-refractivity contribution in [1.82, 2.24) is 5.32 Å². The maximum Gasteiger partial charge on any atom is 0.237 e. The summed E-state index contributed by atoms with van der Waals surface area (Å²) >= 11 is 0. The molecule has 0 bridgehead atoms. The van der Waals surface area contributed by atoms with Gasteiger partial charge in [-0.2, -0.15) is 0 Å². The number of ether oxygens (including phenoxy) is 1. The number of methoxy groups -OCH3 is 1. The van der Waals surface area contributed by atoms with Crippen molar-refractivity contribution in [1.29, 1.82) is 0 Å². The van der Waals surface area contributed by atoms with Gasteiger partial charge in [0.2, 0.25) is 5.91 Å². The SMILES string of the molecule is COc1ccc(CC(N)C(=O)NC(C)(C)CC(C)C)cc1. The van der Waals surface area contributed by atoms with E-state index in [4.69, 9.17) is 10.5 Å². The van der Waals surface area contributed by atoms with E-state index in [1.54, 1.807) is 7.11 Å². The van der Waals surface area contributed by atoms with E-state index in [0.717, 1.165) is 17.7 Å². The van der Waals surface area contributed by atoms with Gasteiger partial charge < -0.3 is 15.8 Å². The van der Waals surface area contributed by atoms with Crippen LogP contribution in [0.2, 0.25) is 0 Å². The summed E-state index contributed by atoms with van der Waals surface area (Å²) in [5.74, 6) is 1.23. The van der Waals surface area contributed by atoms with Gasteiger partial charge in [-0.3, -0.25) is 4.79 Å². The fourth-order valence-electron chi connectivity index (χ4n) is 2.61. The Labute approximate surface area is 128 Å². The lowest BCUT2D eigenvalue weighted by Crippen LogP contribution is -2.51. The van der Waals surface area contributed by atoms with Crippen molar-refractivity contribution in [3.63, 3.8) is 0 Å². The van der Waals surface area contributed by atoms with Crippen LogP contribution in [0.25, 0.3) is 0 Å². The minimum absolute atomic E-state index is 0.100. The molecule has 4 heteroatoms. The molecule has 1 unspecified atom stereocenters. The molecule has 0 aliphatic carbocycles. The van der Waals surface area contributed by atoms with Crippen LogP contribution in [0.4, 0.5) is 0 Å². The molecule has 0 saturated heterocycles. The third kappa shape index (κ3) is 6.17. The maximum atomic E-state index is 12.2. The Bertz CT molecular complexity index is 452. The van der Waals surface area contributed by atoms with Gasteiger partial charge in [0.05, 0.1) is 13.2 Å². The second-order valence-corrected chi connectivity index (χ2v) is 6.63. The van der Waals surface area contributed by atoms with Gasteiger partial charge in [-0.15, -0.1) is 0 Å². The zero-order chi connectivity index (χ0) is 16.0. The van der Waals surface area contributed by atoms with E-state index < -0.39 is 6.04 Å². The highest BCUT2D eigenvalue weighted by atomic mass is 16.5. The van der Waals surface area contributed by atoms with Crippen molar-refractivity contribution in [2.45, 2.75) is 52.1 Å². The van der Waals surface area contributed by atoms with E-state index in [1.807, 2.05) is 38.1 Å². The van der Waals surface area contributed by atoms with Crippen LogP contribution in [0.3, 0.4) is 0 Å². The maximum absolute atomic E-state index is 12.2. The molecule has 21 heavy (non-hydrogen) atoms. The molecule has 1 aromatic rings. The second-order valence-electron chi connectivity index (χ2n) is 6.63. The zero-order valence-corrected chi connectivity index (χ0v) is 13.8. The molecule has 0 radical (unpaired) electrons. The number of hydrogen-bond donors (Lipinski definition) is 2. The first-order valence-corrected chi connectivity index (χ1v) is 7.44. The number of nitrogens with two attached hydrogens (primary N) is 1. The highest BCUT2D eigenvalue weighted by molar-refractivity contribution is 5.82. The average molecular weight is 292 g/mol. The third-order valence-electron chi connectivity index (χ3n) is 3.33. The fraction of sp³-hybridized carbons (Fsp3) is 0.588. The number of carbonyl (C=O) groups excluding carboxylic acids is 1. The fourth-order valence-corrected chi connectivity index (χ4v) is 2.61. The standard InChI is InChI=1S/C17H28N2O2/c1-12(2)11-17(3,4)19-16(20)15(18)10-13-6-8-14(21-5)9-7-13/h6-9,12,15H,10-11,18H2,1-5H3,(H,19,20). The smallest absolute Gasteiger partial charge is 0.237 e. The predicted molar refractivity (Wildman–Crippen MR) is 86.4 cm³/mol. The Morgan fingerprint density at radius 3 is 2.33 bits per heavy atom. The summed E-state index contributed by atoms with van der Waals surface area (Å²) in [6.45, 7) is 8.35. The van der Waals surface area contributed by atoms with Crippen molar-refractivity contribution in [2.75, 3.05) is 7.11 Å². The van der Waals surface area contributed by atoms with Crippen LogP contribution in [0.15, 0.2) is 24.3 Å². The van der Waals surface area contributed by atoms with Crippen molar-refractivity contribution in [3.8, 4) is 5.75 Å². The summed E-state index contributed by atoms with van der Waals surface area (Å²) in [6.07, 6.45) is 1.45. The molecule has 1 rings (SSSR count). The number of amides is 1. The molecule has 0 spiro atoms. The zero-order valence-electron chi connectivity index (χ0n) is 13.8.